The van der Waals surface area contributed by atoms with Gasteiger partial charge in [0.1, 0.15) is 0 Å². The number of hydrogen-bond donors (Lipinski definition) is 2. The summed E-state index contributed by atoms with van der Waals surface area (Å²) in [6, 6.07) is 8.89. The summed E-state index contributed by atoms with van der Waals surface area (Å²) in [5.74, 6) is 0.226. The predicted molar refractivity (Wildman–Crippen MR) is 88.0 cm³/mol. The molecule has 130 valence electrons. The Kier molecular flexibility index (Phi) is 4.69. The van der Waals surface area contributed by atoms with Crippen LogP contribution < -0.4 is 14.8 Å². The van der Waals surface area contributed by atoms with Crippen LogP contribution in [0.5, 0.6) is 17.2 Å². The van der Waals surface area contributed by atoms with Crippen LogP contribution in [0.15, 0.2) is 36.4 Å². The lowest BCUT2D eigenvalue weighted by molar-refractivity contribution is -0.385. The minimum atomic E-state index is -0.715. The van der Waals surface area contributed by atoms with Crippen LogP contribution in [0.25, 0.3) is 0 Å². The molecule has 1 aliphatic rings. The summed E-state index contributed by atoms with van der Waals surface area (Å²) >= 11 is 0. The van der Waals surface area contributed by atoms with Crippen LogP contribution in [0.3, 0.4) is 0 Å². The summed E-state index contributed by atoms with van der Waals surface area (Å²) in [6.07, 6.45) is 0.780. The quantitative estimate of drug-likeness (QED) is 0.651. The van der Waals surface area contributed by atoms with Crippen molar-refractivity contribution >= 4 is 11.6 Å². The molecule has 0 spiro atoms. The molecular weight excluding hydrogens is 328 g/mol. The summed E-state index contributed by atoms with van der Waals surface area (Å²) in [7, 11) is 0. The highest BCUT2D eigenvalue weighted by atomic mass is 16.6. The number of carbonyl (C=O) groups is 1. The second-order valence-electron chi connectivity index (χ2n) is 5.44. The molecule has 8 heteroatoms. The number of nitro groups is 1. The van der Waals surface area contributed by atoms with Gasteiger partial charge in [-0.05, 0) is 18.2 Å². The van der Waals surface area contributed by atoms with Gasteiger partial charge in [0, 0.05) is 30.2 Å². The summed E-state index contributed by atoms with van der Waals surface area (Å²) in [5.41, 5.74) is 0.441. The van der Waals surface area contributed by atoms with Crippen molar-refractivity contribution in [3.8, 4) is 17.2 Å². The van der Waals surface area contributed by atoms with E-state index in [0.29, 0.717) is 24.7 Å². The monoisotopic (exact) mass is 344 g/mol. The average Bonchev–Trinajstić information content (AvgIpc) is 2.85. The van der Waals surface area contributed by atoms with Gasteiger partial charge in [-0.1, -0.05) is 12.1 Å². The van der Waals surface area contributed by atoms with Crippen LogP contribution in [-0.2, 0) is 6.54 Å². The third-order valence-corrected chi connectivity index (χ3v) is 3.73. The van der Waals surface area contributed by atoms with Crippen LogP contribution in [0.1, 0.15) is 22.3 Å². The molecule has 0 aromatic heterocycles. The number of benzene rings is 2. The third-order valence-electron chi connectivity index (χ3n) is 3.73. The summed E-state index contributed by atoms with van der Waals surface area (Å²) in [5, 5.41) is 23.0. The number of nitrogens with zero attached hydrogens (tertiary/aromatic N) is 1. The van der Waals surface area contributed by atoms with Gasteiger partial charge in [-0.3, -0.25) is 14.9 Å². The number of phenols is 1. The van der Waals surface area contributed by atoms with Crippen molar-refractivity contribution in [2.24, 2.45) is 0 Å². The first-order valence-corrected chi connectivity index (χ1v) is 7.69. The number of fused-ring (bicyclic) bond motifs is 1. The highest BCUT2D eigenvalue weighted by molar-refractivity contribution is 5.95. The van der Waals surface area contributed by atoms with Crippen LogP contribution in [0, 0.1) is 10.1 Å². The third kappa shape index (κ3) is 3.63. The fourth-order valence-electron chi connectivity index (χ4n) is 2.49. The zero-order valence-corrected chi connectivity index (χ0v) is 13.2. The van der Waals surface area contributed by atoms with Crippen LogP contribution in [0.4, 0.5) is 5.69 Å². The van der Waals surface area contributed by atoms with Crippen LogP contribution in [-0.4, -0.2) is 29.2 Å². The second-order valence-corrected chi connectivity index (χ2v) is 5.44. The number of carbonyl (C=O) groups excluding carboxylic acids is 1. The molecule has 0 bridgehead atoms. The first-order valence-electron chi connectivity index (χ1n) is 7.69. The van der Waals surface area contributed by atoms with Gasteiger partial charge in [0.05, 0.1) is 18.1 Å². The number of nitrogens with one attached hydrogen (secondary N) is 1. The lowest BCUT2D eigenvalue weighted by atomic mass is 10.1. The average molecular weight is 344 g/mol. The Hall–Kier alpha value is -3.29. The van der Waals surface area contributed by atoms with E-state index in [1.54, 1.807) is 6.07 Å². The normalized spacial score (nSPS) is 13.0. The maximum Gasteiger partial charge on any atom is 0.310 e. The van der Waals surface area contributed by atoms with E-state index in [0.717, 1.165) is 24.1 Å². The van der Waals surface area contributed by atoms with Gasteiger partial charge in [0.2, 0.25) is 0 Å². The van der Waals surface area contributed by atoms with E-state index in [2.05, 4.69) is 5.32 Å². The number of nitro benzene ring substituents is 1. The fourth-order valence-corrected chi connectivity index (χ4v) is 2.49. The number of para-hydroxylation sites is 1. The molecule has 0 radical (unpaired) electrons. The Morgan fingerprint density at radius 3 is 2.80 bits per heavy atom. The summed E-state index contributed by atoms with van der Waals surface area (Å²) in [6.45, 7) is 1.31. The van der Waals surface area contributed by atoms with Crippen molar-refractivity contribution in [3.05, 3.63) is 57.6 Å². The molecule has 0 saturated heterocycles. The molecular formula is C17H16N2O6. The topological polar surface area (TPSA) is 111 Å². The molecule has 0 unspecified atom stereocenters. The van der Waals surface area contributed by atoms with Crippen molar-refractivity contribution in [2.75, 3.05) is 13.2 Å². The Balaban J connectivity index is 1.73. The lowest BCUT2D eigenvalue weighted by Gasteiger charge is -2.13. The van der Waals surface area contributed by atoms with Crippen molar-refractivity contribution in [3.63, 3.8) is 0 Å². The molecule has 0 aliphatic carbocycles. The maximum absolute atomic E-state index is 12.2. The summed E-state index contributed by atoms with van der Waals surface area (Å²) < 4.78 is 11.3. The van der Waals surface area contributed by atoms with Crippen LogP contribution in [0.2, 0.25) is 0 Å². The maximum atomic E-state index is 12.2. The van der Waals surface area contributed by atoms with Crippen molar-refractivity contribution in [2.45, 2.75) is 13.0 Å². The molecule has 1 heterocycles. The highest BCUT2D eigenvalue weighted by Crippen LogP contribution is 2.33. The Morgan fingerprint density at radius 2 is 2.04 bits per heavy atom. The van der Waals surface area contributed by atoms with E-state index in [1.807, 2.05) is 12.1 Å². The van der Waals surface area contributed by atoms with Gasteiger partial charge in [0.25, 0.3) is 5.91 Å². The largest absolute Gasteiger partial charge is 0.502 e. The molecule has 2 N–H and O–H groups in total. The molecule has 3 rings (SSSR count). The van der Waals surface area contributed by atoms with Crippen molar-refractivity contribution < 1.29 is 24.3 Å². The smallest absolute Gasteiger partial charge is 0.310 e. The Bertz CT molecular complexity index is 821. The first kappa shape index (κ1) is 16.6. The number of aromatic hydroxyl groups is 1. The Morgan fingerprint density at radius 1 is 1.24 bits per heavy atom. The van der Waals surface area contributed by atoms with E-state index >= 15 is 0 Å². The number of hydrogen-bond acceptors (Lipinski definition) is 6. The molecule has 1 amide bonds. The van der Waals surface area contributed by atoms with Crippen LogP contribution >= 0.6 is 0 Å². The van der Waals surface area contributed by atoms with Gasteiger partial charge in [-0.25, -0.2) is 0 Å². The molecule has 25 heavy (non-hydrogen) atoms. The fraction of sp³-hybridized carbons (Fsp3) is 0.235. The lowest BCUT2D eigenvalue weighted by Crippen LogP contribution is -2.23. The molecule has 2 aromatic rings. The number of amides is 1. The van der Waals surface area contributed by atoms with Crippen molar-refractivity contribution in [1.29, 1.82) is 0 Å². The van der Waals surface area contributed by atoms with Gasteiger partial charge in [-0.15, -0.1) is 0 Å². The number of ether oxygens (including phenoxy) is 2. The van der Waals surface area contributed by atoms with Gasteiger partial charge in [-0.2, -0.15) is 0 Å². The van der Waals surface area contributed by atoms with E-state index in [-0.39, 0.29) is 12.1 Å². The standard InChI is InChI=1S/C17H16N2O6/c20-14-9-11(5-6-13(14)19(22)23)17(21)18-10-12-3-1-4-15-16(12)25-8-2-7-24-15/h1,3-6,9,20H,2,7-8,10H2,(H,18,21). The molecule has 0 fully saturated rings. The zero-order chi connectivity index (χ0) is 17.8. The van der Waals surface area contributed by atoms with Gasteiger partial charge >= 0.3 is 5.69 Å². The number of rotatable bonds is 4. The zero-order valence-electron chi connectivity index (χ0n) is 13.2. The van der Waals surface area contributed by atoms with E-state index in [4.69, 9.17) is 9.47 Å². The van der Waals surface area contributed by atoms with E-state index in [1.165, 1.54) is 6.07 Å². The highest BCUT2D eigenvalue weighted by Gasteiger charge is 2.18. The summed E-state index contributed by atoms with van der Waals surface area (Å²) in [4.78, 5) is 22.2. The molecule has 2 aromatic carbocycles. The first-order chi connectivity index (χ1) is 12.1. The van der Waals surface area contributed by atoms with Crippen molar-refractivity contribution in [1.82, 2.24) is 5.32 Å². The predicted octanol–water partition coefficient (Wildman–Crippen LogP) is 2.39. The molecule has 8 nitrogen and oxygen atoms in total. The molecule has 0 saturated carbocycles. The van der Waals surface area contributed by atoms with E-state index in [9.17, 15) is 20.0 Å². The molecule has 1 aliphatic heterocycles. The number of phenolic OH excluding ortho intramolecular Hbond substituents is 1. The van der Waals surface area contributed by atoms with Gasteiger partial charge < -0.3 is 19.9 Å². The minimum absolute atomic E-state index is 0.127. The van der Waals surface area contributed by atoms with E-state index < -0.39 is 22.3 Å². The minimum Gasteiger partial charge on any atom is -0.502 e. The molecule has 0 atom stereocenters. The SMILES string of the molecule is O=C(NCc1cccc2c1OCCCO2)c1ccc([N+](=O)[O-])c(O)c1. The Labute approximate surface area is 143 Å². The second kappa shape index (κ2) is 7.08. The van der Waals surface area contributed by atoms with Gasteiger partial charge in [0.15, 0.2) is 17.2 Å².